The third-order valence-corrected chi connectivity index (χ3v) is 4.55. The van der Waals surface area contributed by atoms with E-state index in [-0.39, 0.29) is 0 Å². The molecule has 0 radical (unpaired) electrons. The maximum atomic E-state index is 5.81. The Hall–Kier alpha value is -0.120. The second-order valence-corrected chi connectivity index (χ2v) is 6.96. The van der Waals surface area contributed by atoms with Crippen molar-refractivity contribution in [1.82, 2.24) is 10.2 Å². The molecule has 2 fully saturated rings. The van der Waals surface area contributed by atoms with Crippen molar-refractivity contribution in [3.8, 4) is 0 Å². The van der Waals surface area contributed by atoms with Gasteiger partial charge in [0.15, 0.2) is 0 Å². The van der Waals surface area contributed by atoms with Crippen molar-refractivity contribution in [2.24, 2.45) is 5.41 Å². The molecule has 0 aromatic heterocycles. The summed E-state index contributed by atoms with van der Waals surface area (Å²) in [6, 6.07) is 0.711. The Morgan fingerprint density at radius 3 is 2.89 bits per heavy atom. The van der Waals surface area contributed by atoms with E-state index in [1.54, 1.807) is 0 Å². The zero-order valence-corrected chi connectivity index (χ0v) is 12.4. The summed E-state index contributed by atoms with van der Waals surface area (Å²) in [5.74, 6) is 0. The summed E-state index contributed by atoms with van der Waals surface area (Å²) in [5, 5.41) is 3.74. The van der Waals surface area contributed by atoms with Crippen LogP contribution in [0.15, 0.2) is 0 Å². The monoisotopic (exact) mass is 254 g/mol. The molecule has 3 nitrogen and oxygen atoms in total. The lowest BCUT2D eigenvalue weighted by Gasteiger charge is -2.31. The molecule has 0 bridgehead atoms. The number of nitrogens with one attached hydrogen (secondary N) is 1. The first-order valence-electron chi connectivity index (χ1n) is 7.59. The molecule has 0 aromatic carbocycles. The number of likely N-dealkylation sites (N-methyl/N-ethyl adjacent to an activating group) is 1. The highest BCUT2D eigenvalue weighted by atomic mass is 16.5. The number of rotatable bonds is 3. The lowest BCUT2D eigenvalue weighted by Crippen LogP contribution is -2.46. The highest BCUT2D eigenvalue weighted by molar-refractivity contribution is 4.81. The van der Waals surface area contributed by atoms with Crippen LogP contribution in [0, 0.1) is 5.41 Å². The van der Waals surface area contributed by atoms with Gasteiger partial charge in [-0.15, -0.1) is 0 Å². The number of morpholine rings is 1. The molecule has 1 saturated heterocycles. The number of nitrogens with zero attached hydrogens (tertiary/aromatic N) is 1. The predicted octanol–water partition coefficient (Wildman–Crippen LogP) is 2.27. The van der Waals surface area contributed by atoms with Crippen LogP contribution in [0.5, 0.6) is 0 Å². The highest BCUT2D eigenvalue weighted by Gasteiger charge is 2.25. The zero-order valence-electron chi connectivity index (χ0n) is 12.4. The van der Waals surface area contributed by atoms with Gasteiger partial charge >= 0.3 is 0 Å². The fraction of sp³-hybridized carbons (Fsp3) is 1.00. The fourth-order valence-electron chi connectivity index (χ4n) is 3.15. The molecule has 1 heterocycles. The Bertz CT molecular complexity index is 255. The van der Waals surface area contributed by atoms with Gasteiger partial charge in [-0.05, 0) is 38.1 Å². The van der Waals surface area contributed by atoms with Crippen molar-refractivity contribution in [1.29, 1.82) is 0 Å². The van der Waals surface area contributed by atoms with Crippen LogP contribution in [0.25, 0.3) is 0 Å². The van der Waals surface area contributed by atoms with Crippen LogP contribution in [0.1, 0.15) is 46.0 Å². The predicted molar refractivity (Wildman–Crippen MR) is 75.9 cm³/mol. The summed E-state index contributed by atoms with van der Waals surface area (Å²) in [6.07, 6.45) is 7.17. The van der Waals surface area contributed by atoms with Crippen LogP contribution in [-0.4, -0.2) is 50.3 Å². The van der Waals surface area contributed by atoms with Gasteiger partial charge in [-0.1, -0.05) is 20.3 Å². The van der Waals surface area contributed by atoms with Gasteiger partial charge in [0, 0.05) is 25.7 Å². The highest BCUT2D eigenvalue weighted by Crippen LogP contribution is 2.33. The molecule has 1 N–H and O–H groups in total. The van der Waals surface area contributed by atoms with Crippen molar-refractivity contribution in [3.63, 3.8) is 0 Å². The van der Waals surface area contributed by atoms with Crippen LogP contribution < -0.4 is 5.32 Å². The van der Waals surface area contributed by atoms with Crippen LogP contribution in [0.4, 0.5) is 0 Å². The maximum absolute atomic E-state index is 5.81. The zero-order chi connectivity index (χ0) is 13.0. The molecule has 2 aliphatic rings. The average molecular weight is 254 g/mol. The molecular formula is C15H30N2O. The number of hydrogen-bond acceptors (Lipinski definition) is 3. The van der Waals surface area contributed by atoms with Gasteiger partial charge in [-0.3, -0.25) is 0 Å². The Balaban J connectivity index is 1.70. The summed E-state index contributed by atoms with van der Waals surface area (Å²) >= 11 is 0. The van der Waals surface area contributed by atoms with E-state index in [2.05, 4.69) is 31.1 Å². The average Bonchev–Trinajstić information content (AvgIpc) is 2.48. The molecular weight excluding hydrogens is 224 g/mol. The molecule has 1 saturated carbocycles. The quantitative estimate of drug-likeness (QED) is 0.782. The molecule has 2 atom stereocenters. The first-order chi connectivity index (χ1) is 8.55. The van der Waals surface area contributed by atoms with Crippen molar-refractivity contribution >= 4 is 0 Å². The maximum Gasteiger partial charge on any atom is 0.0826 e. The summed E-state index contributed by atoms with van der Waals surface area (Å²) in [4.78, 5) is 2.37. The molecule has 0 spiro atoms. The van der Waals surface area contributed by atoms with E-state index in [9.17, 15) is 0 Å². The third kappa shape index (κ3) is 4.52. The summed E-state index contributed by atoms with van der Waals surface area (Å²) < 4.78 is 5.81. The van der Waals surface area contributed by atoms with E-state index in [1.807, 2.05) is 0 Å². The van der Waals surface area contributed by atoms with Gasteiger partial charge in [0.1, 0.15) is 0 Å². The van der Waals surface area contributed by atoms with E-state index in [4.69, 9.17) is 4.74 Å². The third-order valence-electron chi connectivity index (χ3n) is 4.55. The van der Waals surface area contributed by atoms with E-state index < -0.39 is 0 Å². The molecule has 106 valence electrons. The summed E-state index contributed by atoms with van der Waals surface area (Å²) in [7, 11) is 2.18. The van der Waals surface area contributed by atoms with Gasteiger partial charge in [0.2, 0.25) is 0 Å². The van der Waals surface area contributed by atoms with Crippen LogP contribution in [-0.2, 0) is 4.74 Å². The van der Waals surface area contributed by atoms with E-state index >= 15 is 0 Å². The Morgan fingerprint density at radius 2 is 2.11 bits per heavy atom. The fourth-order valence-corrected chi connectivity index (χ4v) is 3.15. The van der Waals surface area contributed by atoms with Crippen LogP contribution >= 0.6 is 0 Å². The number of ether oxygens (including phenoxy) is 1. The van der Waals surface area contributed by atoms with Gasteiger partial charge in [0.05, 0.1) is 12.7 Å². The first-order valence-corrected chi connectivity index (χ1v) is 7.59. The SMILES string of the molecule is CN1CCOC(CNC2CCCC(C)(C)CC2)C1. The Morgan fingerprint density at radius 1 is 1.28 bits per heavy atom. The second-order valence-electron chi connectivity index (χ2n) is 6.96. The first kappa shape index (κ1) is 14.3. The van der Waals surface area contributed by atoms with E-state index in [1.165, 1.54) is 32.1 Å². The summed E-state index contributed by atoms with van der Waals surface area (Å²) in [6.45, 7) is 8.89. The van der Waals surface area contributed by atoms with E-state index in [0.717, 1.165) is 26.2 Å². The standard InChI is InChI=1S/C15H30N2O/c1-15(2)7-4-5-13(6-8-15)16-11-14-12-17(3)9-10-18-14/h13-14,16H,4-12H2,1-3H3. The largest absolute Gasteiger partial charge is 0.374 e. The molecule has 2 unspecified atom stereocenters. The lowest BCUT2D eigenvalue weighted by atomic mass is 9.85. The van der Waals surface area contributed by atoms with Gasteiger partial charge in [-0.2, -0.15) is 0 Å². The number of hydrogen-bond donors (Lipinski definition) is 1. The molecule has 18 heavy (non-hydrogen) atoms. The van der Waals surface area contributed by atoms with Crippen molar-refractivity contribution in [2.45, 2.75) is 58.1 Å². The van der Waals surface area contributed by atoms with Crippen molar-refractivity contribution in [3.05, 3.63) is 0 Å². The minimum absolute atomic E-state index is 0.389. The van der Waals surface area contributed by atoms with Crippen LogP contribution in [0.2, 0.25) is 0 Å². The van der Waals surface area contributed by atoms with Gasteiger partial charge in [0.25, 0.3) is 0 Å². The van der Waals surface area contributed by atoms with Crippen molar-refractivity contribution in [2.75, 3.05) is 33.3 Å². The van der Waals surface area contributed by atoms with E-state index in [0.29, 0.717) is 17.6 Å². The lowest BCUT2D eigenvalue weighted by molar-refractivity contribution is -0.0194. The smallest absolute Gasteiger partial charge is 0.0826 e. The Labute approximate surface area is 112 Å². The second kappa shape index (κ2) is 6.36. The summed E-state index contributed by atoms with van der Waals surface area (Å²) in [5.41, 5.74) is 0.554. The van der Waals surface area contributed by atoms with Crippen LogP contribution in [0.3, 0.4) is 0 Å². The molecule has 1 aliphatic heterocycles. The molecule has 3 heteroatoms. The van der Waals surface area contributed by atoms with Gasteiger partial charge in [-0.25, -0.2) is 0 Å². The van der Waals surface area contributed by atoms with Crippen molar-refractivity contribution < 1.29 is 4.74 Å². The molecule has 1 aliphatic carbocycles. The minimum atomic E-state index is 0.389. The normalized spacial score (nSPS) is 34.2. The molecule has 0 amide bonds. The van der Waals surface area contributed by atoms with Gasteiger partial charge < -0.3 is 15.0 Å². The minimum Gasteiger partial charge on any atom is -0.374 e. The molecule has 2 rings (SSSR count). The topological polar surface area (TPSA) is 24.5 Å². The Kier molecular flexibility index (Phi) is 5.05. The molecule has 0 aromatic rings.